The van der Waals surface area contributed by atoms with Gasteiger partial charge in [-0.15, -0.1) is 0 Å². The summed E-state index contributed by atoms with van der Waals surface area (Å²) >= 11 is 0. The largest absolute Gasteiger partial charge is 0.387 e. The summed E-state index contributed by atoms with van der Waals surface area (Å²) in [4.78, 5) is 0. The molecule has 0 amide bonds. The summed E-state index contributed by atoms with van der Waals surface area (Å²) in [7, 11) is 0. The first-order valence-electron chi connectivity index (χ1n) is 4.72. The normalized spacial score (nSPS) is 48.0. The summed E-state index contributed by atoms with van der Waals surface area (Å²) in [6.07, 6.45) is -0.640. The molecule has 4 atom stereocenters. The van der Waals surface area contributed by atoms with Crippen LogP contribution in [-0.2, 0) is 14.2 Å². The zero-order chi connectivity index (χ0) is 9.64. The number of rotatable bonds is 1. The van der Waals surface area contributed by atoms with Crippen molar-refractivity contribution in [2.75, 3.05) is 0 Å². The van der Waals surface area contributed by atoms with Crippen molar-refractivity contribution >= 4 is 0 Å². The van der Waals surface area contributed by atoms with Crippen LogP contribution in [0.2, 0.25) is 0 Å². The number of fused-ring (bicyclic) bond motifs is 1. The van der Waals surface area contributed by atoms with Gasteiger partial charge in [0.2, 0.25) is 0 Å². The van der Waals surface area contributed by atoms with Crippen molar-refractivity contribution in [1.82, 2.24) is 0 Å². The Balaban J connectivity index is 2.07. The lowest BCUT2D eigenvalue weighted by Gasteiger charge is -2.22. The lowest BCUT2D eigenvalue weighted by Crippen LogP contribution is -2.34. The van der Waals surface area contributed by atoms with Crippen LogP contribution in [-0.4, -0.2) is 35.5 Å². The average Bonchev–Trinajstić information content (AvgIpc) is 2.47. The Morgan fingerprint density at radius 3 is 2.54 bits per heavy atom. The Morgan fingerprint density at radius 2 is 2.00 bits per heavy atom. The standard InChI is InChI=1S/C9H16O4/c1-4-5-6(10)7-8(11-5)13-9(2,3)12-7/h5-8,10H,4H2,1-3H3/t5-,6?,7-,8-/m1/s1. The number of hydrogen-bond acceptors (Lipinski definition) is 4. The molecule has 4 nitrogen and oxygen atoms in total. The van der Waals surface area contributed by atoms with Crippen molar-refractivity contribution in [3.8, 4) is 0 Å². The Morgan fingerprint density at radius 1 is 1.31 bits per heavy atom. The molecule has 0 aliphatic carbocycles. The molecule has 0 radical (unpaired) electrons. The topological polar surface area (TPSA) is 47.9 Å². The maximum absolute atomic E-state index is 9.76. The van der Waals surface area contributed by atoms with Gasteiger partial charge in [-0.25, -0.2) is 0 Å². The Kier molecular flexibility index (Phi) is 2.11. The van der Waals surface area contributed by atoms with E-state index in [0.717, 1.165) is 6.42 Å². The minimum atomic E-state index is -0.630. The predicted molar refractivity (Wildman–Crippen MR) is 45.0 cm³/mol. The van der Waals surface area contributed by atoms with Gasteiger partial charge < -0.3 is 19.3 Å². The molecular formula is C9H16O4. The molecule has 0 saturated carbocycles. The van der Waals surface area contributed by atoms with Gasteiger partial charge in [0.25, 0.3) is 0 Å². The molecule has 2 fully saturated rings. The van der Waals surface area contributed by atoms with Crippen LogP contribution < -0.4 is 0 Å². The number of aliphatic hydroxyl groups excluding tert-OH is 1. The highest BCUT2D eigenvalue weighted by Gasteiger charge is 2.53. The van der Waals surface area contributed by atoms with Crippen molar-refractivity contribution in [2.24, 2.45) is 0 Å². The van der Waals surface area contributed by atoms with Crippen molar-refractivity contribution in [2.45, 2.75) is 57.6 Å². The number of hydrogen-bond donors (Lipinski definition) is 1. The monoisotopic (exact) mass is 188 g/mol. The summed E-state index contributed by atoms with van der Waals surface area (Å²) < 4.78 is 16.5. The Hall–Kier alpha value is -0.160. The van der Waals surface area contributed by atoms with E-state index in [-0.39, 0.29) is 12.2 Å². The summed E-state index contributed by atoms with van der Waals surface area (Å²) in [5, 5.41) is 9.76. The fraction of sp³-hybridized carbons (Fsp3) is 1.00. The van der Waals surface area contributed by atoms with Gasteiger partial charge in [0.05, 0.1) is 6.10 Å². The number of ether oxygens (including phenoxy) is 3. The summed E-state index contributed by atoms with van der Waals surface area (Å²) in [5.74, 6) is -0.630. The SMILES string of the molecule is CC[C@H]1O[C@@H]2OC(C)(C)O[C@@H]2C1O. The van der Waals surface area contributed by atoms with E-state index in [0.29, 0.717) is 0 Å². The third kappa shape index (κ3) is 1.48. The molecule has 2 aliphatic heterocycles. The zero-order valence-corrected chi connectivity index (χ0v) is 8.19. The fourth-order valence-corrected chi connectivity index (χ4v) is 1.90. The molecule has 76 valence electrons. The Labute approximate surface area is 77.8 Å². The maximum atomic E-state index is 9.76. The quantitative estimate of drug-likeness (QED) is 0.655. The Bertz CT molecular complexity index is 204. The van der Waals surface area contributed by atoms with E-state index in [4.69, 9.17) is 14.2 Å². The summed E-state index contributed by atoms with van der Waals surface area (Å²) in [6.45, 7) is 5.62. The third-order valence-corrected chi connectivity index (χ3v) is 2.52. The van der Waals surface area contributed by atoms with Crippen molar-refractivity contribution < 1.29 is 19.3 Å². The second-order valence-electron chi connectivity index (χ2n) is 4.04. The van der Waals surface area contributed by atoms with E-state index in [9.17, 15) is 5.11 Å². The maximum Gasteiger partial charge on any atom is 0.190 e. The summed E-state index contributed by atoms with van der Waals surface area (Å²) in [6, 6.07) is 0. The second-order valence-corrected chi connectivity index (χ2v) is 4.04. The van der Waals surface area contributed by atoms with Crippen LogP contribution in [0.4, 0.5) is 0 Å². The minimum absolute atomic E-state index is 0.147. The highest BCUT2D eigenvalue weighted by molar-refractivity contribution is 4.92. The van der Waals surface area contributed by atoms with Crippen LogP contribution in [0.1, 0.15) is 27.2 Å². The van der Waals surface area contributed by atoms with Crippen LogP contribution in [0.15, 0.2) is 0 Å². The van der Waals surface area contributed by atoms with Gasteiger partial charge in [-0.05, 0) is 20.3 Å². The van der Waals surface area contributed by atoms with E-state index in [1.165, 1.54) is 0 Å². The van der Waals surface area contributed by atoms with Gasteiger partial charge in [-0.3, -0.25) is 0 Å². The molecule has 4 heteroatoms. The molecule has 1 N–H and O–H groups in total. The molecule has 2 aliphatic rings. The molecule has 0 aromatic carbocycles. The van der Waals surface area contributed by atoms with Crippen molar-refractivity contribution in [3.63, 3.8) is 0 Å². The molecule has 2 rings (SSSR count). The van der Waals surface area contributed by atoms with Crippen LogP contribution in [0.5, 0.6) is 0 Å². The lowest BCUT2D eigenvalue weighted by molar-refractivity contribution is -0.214. The highest BCUT2D eigenvalue weighted by atomic mass is 16.8. The smallest absolute Gasteiger partial charge is 0.190 e. The molecule has 1 unspecified atom stereocenters. The van der Waals surface area contributed by atoms with Gasteiger partial charge in [0.1, 0.15) is 12.2 Å². The lowest BCUT2D eigenvalue weighted by atomic mass is 10.1. The molecule has 13 heavy (non-hydrogen) atoms. The predicted octanol–water partition coefficient (Wildman–Crippen LogP) is 0.634. The first kappa shape index (κ1) is 9.40. The third-order valence-electron chi connectivity index (χ3n) is 2.52. The van der Waals surface area contributed by atoms with Crippen molar-refractivity contribution in [1.29, 1.82) is 0 Å². The zero-order valence-electron chi connectivity index (χ0n) is 8.19. The molecule has 0 aromatic heterocycles. The van der Waals surface area contributed by atoms with Gasteiger partial charge in [0.15, 0.2) is 12.1 Å². The second kappa shape index (κ2) is 2.92. The van der Waals surface area contributed by atoms with E-state index in [1.54, 1.807) is 0 Å². The molecule has 0 spiro atoms. The van der Waals surface area contributed by atoms with Crippen LogP contribution in [0, 0.1) is 0 Å². The molecule has 0 bridgehead atoms. The molecule has 2 saturated heterocycles. The number of aliphatic hydroxyl groups is 1. The van der Waals surface area contributed by atoms with E-state index < -0.39 is 18.2 Å². The van der Waals surface area contributed by atoms with Crippen molar-refractivity contribution in [3.05, 3.63) is 0 Å². The van der Waals surface area contributed by atoms with Gasteiger partial charge in [-0.2, -0.15) is 0 Å². The van der Waals surface area contributed by atoms with Crippen LogP contribution >= 0.6 is 0 Å². The molecule has 2 heterocycles. The van der Waals surface area contributed by atoms with Crippen LogP contribution in [0.25, 0.3) is 0 Å². The van der Waals surface area contributed by atoms with Gasteiger partial charge >= 0.3 is 0 Å². The van der Waals surface area contributed by atoms with E-state index in [1.807, 2.05) is 20.8 Å². The first-order valence-corrected chi connectivity index (χ1v) is 4.72. The van der Waals surface area contributed by atoms with Gasteiger partial charge in [-0.1, -0.05) is 6.92 Å². The fourth-order valence-electron chi connectivity index (χ4n) is 1.90. The highest BCUT2D eigenvalue weighted by Crippen LogP contribution is 2.37. The molecule has 0 aromatic rings. The minimum Gasteiger partial charge on any atom is -0.387 e. The van der Waals surface area contributed by atoms with Crippen LogP contribution in [0.3, 0.4) is 0 Å². The first-order chi connectivity index (χ1) is 6.03. The van der Waals surface area contributed by atoms with E-state index in [2.05, 4.69) is 0 Å². The molecular weight excluding hydrogens is 172 g/mol. The average molecular weight is 188 g/mol. The summed E-state index contributed by atoms with van der Waals surface area (Å²) in [5.41, 5.74) is 0. The van der Waals surface area contributed by atoms with Gasteiger partial charge in [0, 0.05) is 0 Å². The van der Waals surface area contributed by atoms with E-state index >= 15 is 0 Å².